The van der Waals surface area contributed by atoms with Gasteiger partial charge in [0.2, 0.25) is 18.2 Å². The Labute approximate surface area is 206 Å². The number of ether oxygens (including phenoxy) is 4. The van der Waals surface area contributed by atoms with Gasteiger partial charge in [-0.25, -0.2) is 0 Å². The van der Waals surface area contributed by atoms with Crippen molar-refractivity contribution in [3.05, 3.63) is 10.2 Å². The fourth-order valence-electron chi connectivity index (χ4n) is 3.37. The Balaban J connectivity index is 2.00. The van der Waals surface area contributed by atoms with Crippen LogP contribution in [0.1, 0.15) is 40.3 Å². The lowest BCUT2D eigenvalue weighted by molar-refractivity contribution is -0.162. The van der Waals surface area contributed by atoms with E-state index in [-0.39, 0.29) is 52.5 Å². The van der Waals surface area contributed by atoms with Crippen molar-refractivity contribution in [2.24, 2.45) is 11.8 Å². The van der Waals surface area contributed by atoms with Crippen LogP contribution in [0.25, 0.3) is 11.0 Å². The zero-order valence-electron chi connectivity index (χ0n) is 19.3. The molecule has 3 rings (SSSR count). The van der Waals surface area contributed by atoms with Crippen LogP contribution >= 0.6 is 23.2 Å². The van der Waals surface area contributed by atoms with Crippen LogP contribution in [0.4, 0.5) is 5.95 Å². The molecule has 3 heterocycles. The van der Waals surface area contributed by atoms with E-state index in [1.807, 2.05) is 0 Å². The molecule has 1 fully saturated rings. The highest BCUT2D eigenvalue weighted by Crippen LogP contribution is 2.44. The predicted octanol–water partition coefficient (Wildman–Crippen LogP) is 3.37. The van der Waals surface area contributed by atoms with Gasteiger partial charge < -0.3 is 18.9 Å². The normalized spacial score (nSPS) is 20.1. The van der Waals surface area contributed by atoms with Crippen LogP contribution in [0.3, 0.4) is 0 Å². The van der Waals surface area contributed by atoms with E-state index in [0.29, 0.717) is 11.8 Å². The lowest BCUT2D eigenvalue weighted by Crippen LogP contribution is -2.33. The maximum Gasteiger partial charge on any atom is 0.308 e. The SMILES string of the molecule is COc1nc(NC=O)nc2c1c(Cl)c(Cl)n2[C@H]1C[C@H](OC(=O)C(C)C)[C@@H](COC(=O)C(C)C)O1. The molecule has 11 nitrogen and oxygen atoms in total. The largest absolute Gasteiger partial charge is 0.480 e. The zero-order chi connectivity index (χ0) is 25.2. The van der Waals surface area contributed by atoms with E-state index in [1.54, 1.807) is 27.7 Å². The first-order valence-corrected chi connectivity index (χ1v) is 11.4. The van der Waals surface area contributed by atoms with Crippen molar-refractivity contribution in [1.82, 2.24) is 14.5 Å². The minimum atomic E-state index is -0.779. The quantitative estimate of drug-likeness (QED) is 0.393. The molecule has 0 bridgehead atoms. The fraction of sp³-hybridized carbons (Fsp3) is 0.571. The molecule has 1 amide bonds. The van der Waals surface area contributed by atoms with Crippen molar-refractivity contribution in [2.75, 3.05) is 19.0 Å². The molecule has 1 aliphatic rings. The van der Waals surface area contributed by atoms with Gasteiger partial charge in [0, 0.05) is 6.42 Å². The highest BCUT2D eigenvalue weighted by Gasteiger charge is 2.42. The first-order valence-electron chi connectivity index (χ1n) is 10.6. The number of amides is 1. The number of nitrogens with zero attached hydrogens (tertiary/aromatic N) is 3. The van der Waals surface area contributed by atoms with Crippen LogP contribution in [0, 0.1) is 11.8 Å². The Kier molecular flexibility index (Phi) is 8.21. The average molecular weight is 517 g/mol. The van der Waals surface area contributed by atoms with Crippen molar-refractivity contribution < 1.29 is 33.3 Å². The molecule has 2 aromatic heterocycles. The Morgan fingerprint density at radius 2 is 1.88 bits per heavy atom. The number of fused-ring (bicyclic) bond motifs is 1. The smallest absolute Gasteiger partial charge is 0.308 e. The van der Waals surface area contributed by atoms with Crippen LogP contribution in [-0.4, -0.2) is 58.8 Å². The lowest BCUT2D eigenvalue weighted by atomic mass is 10.1. The summed E-state index contributed by atoms with van der Waals surface area (Å²) in [7, 11) is 1.39. The van der Waals surface area contributed by atoms with Crippen molar-refractivity contribution in [1.29, 1.82) is 0 Å². The maximum atomic E-state index is 12.3. The van der Waals surface area contributed by atoms with Gasteiger partial charge in [-0.3, -0.25) is 24.3 Å². The number of nitrogens with one attached hydrogen (secondary N) is 1. The molecule has 1 aliphatic heterocycles. The number of hydrogen-bond acceptors (Lipinski definition) is 9. The summed E-state index contributed by atoms with van der Waals surface area (Å²) < 4.78 is 23.9. The van der Waals surface area contributed by atoms with Crippen LogP contribution in [-0.2, 0) is 28.6 Å². The number of anilines is 1. The monoisotopic (exact) mass is 516 g/mol. The van der Waals surface area contributed by atoms with Crippen LogP contribution in [0.5, 0.6) is 5.88 Å². The van der Waals surface area contributed by atoms with Gasteiger partial charge in [0.1, 0.15) is 35.6 Å². The molecule has 2 aromatic rings. The maximum absolute atomic E-state index is 12.3. The number of carbonyl (C=O) groups excluding carboxylic acids is 3. The van der Waals surface area contributed by atoms with Crippen molar-refractivity contribution in [3.63, 3.8) is 0 Å². The first-order chi connectivity index (χ1) is 16.1. The molecule has 3 atom stereocenters. The van der Waals surface area contributed by atoms with E-state index in [2.05, 4.69) is 15.3 Å². The summed E-state index contributed by atoms with van der Waals surface area (Å²) >= 11 is 13.0. The van der Waals surface area contributed by atoms with Gasteiger partial charge in [-0.1, -0.05) is 50.9 Å². The molecular weight excluding hydrogens is 491 g/mol. The highest BCUT2D eigenvalue weighted by molar-refractivity contribution is 6.45. The number of aromatic nitrogens is 3. The molecule has 186 valence electrons. The summed E-state index contributed by atoms with van der Waals surface area (Å²) in [4.78, 5) is 43.7. The molecule has 0 saturated carbocycles. The third-order valence-electron chi connectivity index (χ3n) is 5.15. The fourth-order valence-corrected chi connectivity index (χ4v) is 3.91. The topological polar surface area (TPSA) is 131 Å². The van der Waals surface area contributed by atoms with Crippen LogP contribution < -0.4 is 10.1 Å². The molecule has 0 aliphatic carbocycles. The van der Waals surface area contributed by atoms with Gasteiger partial charge in [0.25, 0.3) is 0 Å². The van der Waals surface area contributed by atoms with Gasteiger partial charge in [-0.05, 0) is 0 Å². The molecule has 0 aromatic carbocycles. The first kappa shape index (κ1) is 26.0. The third kappa shape index (κ3) is 5.21. The molecule has 0 radical (unpaired) electrons. The van der Waals surface area contributed by atoms with Gasteiger partial charge in [-0.15, -0.1) is 0 Å². The van der Waals surface area contributed by atoms with Gasteiger partial charge in [0.15, 0.2) is 5.65 Å². The molecule has 0 unspecified atom stereocenters. The Morgan fingerprint density at radius 1 is 1.21 bits per heavy atom. The minimum Gasteiger partial charge on any atom is -0.480 e. The van der Waals surface area contributed by atoms with Crippen molar-refractivity contribution in [3.8, 4) is 5.88 Å². The third-order valence-corrected chi connectivity index (χ3v) is 5.98. The molecule has 13 heteroatoms. The molecule has 34 heavy (non-hydrogen) atoms. The molecular formula is C21H26Cl2N4O7. The summed E-state index contributed by atoms with van der Waals surface area (Å²) in [6.07, 6.45) is -1.64. The van der Waals surface area contributed by atoms with Crippen molar-refractivity contribution in [2.45, 2.75) is 52.6 Å². The van der Waals surface area contributed by atoms with E-state index in [4.69, 9.17) is 42.1 Å². The number of esters is 2. The highest BCUT2D eigenvalue weighted by atomic mass is 35.5. The number of carbonyl (C=O) groups is 3. The number of rotatable bonds is 9. The van der Waals surface area contributed by atoms with E-state index in [0.717, 1.165) is 0 Å². The van der Waals surface area contributed by atoms with Gasteiger partial charge >= 0.3 is 11.9 Å². The Bertz CT molecular complexity index is 1090. The predicted molar refractivity (Wildman–Crippen MR) is 123 cm³/mol. The summed E-state index contributed by atoms with van der Waals surface area (Å²) in [5, 5.41) is 2.90. The number of halogens is 2. The van der Waals surface area contributed by atoms with Crippen LogP contribution in [0.2, 0.25) is 10.2 Å². The summed E-state index contributed by atoms with van der Waals surface area (Å²) in [6.45, 7) is 6.73. The lowest BCUT2D eigenvalue weighted by Gasteiger charge is -2.20. The Hall–Kier alpha value is -2.63. The summed E-state index contributed by atoms with van der Waals surface area (Å²) in [5.74, 6) is -1.45. The second kappa shape index (κ2) is 10.7. The number of methoxy groups -OCH3 is 1. The van der Waals surface area contributed by atoms with Crippen LogP contribution in [0.15, 0.2) is 0 Å². The zero-order valence-corrected chi connectivity index (χ0v) is 20.8. The average Bonchev–Trinajstić information content (AvgIpc) is 3.29. The van der Waals surface area contributed by atoms with E-state index in [1.165, 1.54) is 11.7 Å². The molecule has 0 spiro atoms. The summed E-state index contributed by atoms with van der Waals surface area (Å²) in [5.41, 5.74) is 0.241. The minimum absolute atomic E-state index is 0.0328. The molecule has 1 saturated heterocycles. The van der Waals surface area contributed by atoms with Gasteiger partial charge in [-0.2, -0.15) is 9.97 Å². The Morgan fingerprint density at radius 3 is 2.47 bits per heavy atom. The van der Waals surface area contributed by atoms with E-state index >= 15 is 0 Å². The summed E-state index contributed by atoms with van der Waals surface area (Å²) in [6, 6.07) is 0. The molecule has 1 N–H and O–H groups in total. The van der Waals surface area contributed by atoms with Gasteiger partial charge in [0.05, 0.1) is 24.0 Å². The second-order valence-electron chi connectivity index (χ2n) is 8.27. The van der Waals surface area contributed by atoms with E-state index < -0.39 is 30.4 Å². The number of hydrogen-bond donors (Lipinski definition) is 1. The standard InChI is InChI=1S/C21H26Cl2N4O7/c1-9(2)19(29)32-7-12-11(34-20(30)10(3)4)6-13(33-12)27-16(23)15(22)14-17(27)25-21(24-8-28)26-18(14)31-5/h8-13H,6-7H2,1-5H3,(H,24,25,26,28)/t11-,12+,13+/m0/s1. The van der Waals surface area contributed by atoms with E-state index in [9.17, 15) is 14.4 Å². The second-order valence-corrected chi connectivity index (χ2v) is 9.01. The van der Waals surface area contributed by atoms with Crippen molar-refractivity contribution >= 4 is 58.5 Å².